The first-order valence-corrected chi connectivity index (χ1v) is 11.2. The Morgan fingerprint density at radius 1 is 1.31 bits per heavy atom. The fourth-order valence-electron chi connectivity index (χ4n) is 5.78. The van der Waals surface area contributed by atoms with E-state index in [1.165, 1.54) is 0 Å². The van der Waals surface area contributed by atoms with Gasteiger partial charge < -0.3 is 19.1 Å². The van der Waals surface area contributed by atoms with Crippen LogP contribution in [0.2, 0.25) is 0 Å². The lowest BCUT2D eigenvalue weighted by molar-refractivity contribution is -0.160. The summed E-state index contributed by atoms with van der Waals surface area (Å²) in [5.41, 5.74) is 1.32. The first-order valence-electron chi connectivity index (χ1n) is 11.2. The SMILES string of the molecule is CN(Cc1ccoc1)C(=O)[C@H]1[C@@H]2C[C@@H](CN(c3cccc(C#N)n3)C2)[C@@H]2CCCC(=O)N21. The number of furan rings is 1. The molecule has 0 saturated carbocycles. The highest BCUT2D eigenvalue weighted by molar-refractivity contribution is 5.89. The van der Waals surface area contributed by atoms with Crippen LogP contribution in [0.4, 0.5) is 5.82 Å². The Balaban J connectivity index is 1.45. The molecule has 3 aliphatic rings. The molecule has 0 unspecified atom stereocenters. The van der Waals surface area contributed by atoms with E-state index in [-0.39, 0.29) is 23.8 Å². The number of aromatic nitrogens is 1. The third kappa shape index (κ3) is 3.62. The Labute approximate surface area is 187 Å². The molecule has 32 heavy (non-hydrogen) atoms. The average Bonchev–Trinajstić information content (AvgIpc) is 3.32. The van der Waals surface area contributed by atoms with Crippen molar-refractivity contribution in [3.8, 4) is 6.07 Å². The molecular formula is C24H27N5O3. The smallest absolute Gasteiger partial charge is 0.245 e. The van der Waals surface area contributed by atoms with E-state index in [1.54, 1.807) is 30.5 Å². The van der Waals surface area contributed by atoms with Gasteiger partial charge in [-0.3, -0.25) is 9.59 Å². The monoisotopic (exact) mass is 433 g/mol. The number of amides is 2. The molecule has 0 spiro atoms. The van der Waals surface area contributed by atoms with Gasteiger partial charge in [0.2, 0.25) is 11.8 Å². The van der Waals surface area contributed by atoms with Crippen molar-refractivity contribution in [3.05, 3.63) is 48.0 Å². The minimum Gasteiger partial charge on any atom is -0.472 e. The molecule has 2 amide bonds. The van der Waals surface area contributed by atoms with Gasteiger partial charge in [-0.15, -0.1) is 0 Å². The summed E-state index contributed by atoms with van der Waals surface area (Å²) in [6, 6.07) is 9.05. The van der Waals surface area contributed by atoms with Gasteiger partial charge in [-0.2, -0.15) is 5.26 Å². The second kappa shape index (κ2) is 8.30. The summed E-state index contributed by atoms with van der Waals surface area (Å²) < 4.78 is 5.15. The van der Waals surface area contributed by atoms with E-state index in [9.17, 15) is 14.9 Å². The molecule has 8 heteroatoms. The number of hydrogen-bond donors (Lipinski definition) is 0. The molecule has 2 aromatic heterocycles. The van der Waals surface area contributed by atoms with Gasteiger partial charge in [-0.1, -0.05) is 6.07 Å². The Bertz CT molecular complexity index is 1050. The number of carbonyl (C=O) groups is 2. The predicted molar refractivity (Wildman–Crippen MR) is 116 cm³/mol. The van der Waals surface area contributed by atoms with E-state index in [0.717, 1.165) is 37.2 Å². The molecular weight excluding hydrogens is 406 g/mol. The molecule has 2 aromatic rings. The molecule has 3 saturated heterocycles. The van der Waals surface area contributed by atoms with Crippen LogP contribution in [0.1, 0.15) is 36.9 Å². The molecule has 166 valence electrons. The van der Waals surface area contributed by atoms with Gasteiger partial charge in [0.05, 0.1) is 12.5 Å². The fourth-order valence-corrected chi connectivity index (χ4v) is 5.78. The van der Waals surface area contributed by atoms with Gasteiger partial charge in [0, 0.05) is 50.6 Å². The Hall–Kier alpha value is -3.34. The van der Waals surface area contributed by atoms with E-state index < -0.39 is 6.04 Å². The van der Waals surface area contributed by atoms with Gasteiger partial charge in [0.1, 0.15) is 23.6 Å². The van der Waals surface area contributed by atoms with E-state index in [2.05, 4.69) is 16.0 Å². The summed E-state index contributed by atoms with van der Waals surface area (Å²) in [4.78, 5) is 37.0. The summed E-state index contributed by atoms with van der Waals surface area (Å²) in [6.07, 6.45) is 6.49. The third-order valence-corrected chi connectivity index (χ3v) is 7.14. The van der Waals surface area contributed by atoms with Gasteiger partial charge in [0.15, 0.2) is 0 Å². The Kier molecular flexibility index (Phi) is 5.33. The average molecular weight is 434 g/mol. The van der Waals surface area contributed by atoms with Gasteiger partial charge in [-0.25, -0.2) is 4.98 Å². The minimum atomic E-state index is -0.470. The number of pyridine rings is 1. The van der Waals surface area contributed by atoms with Crippen LogP contribution in [-0.4, -0.2) is 58.8 Å². The molecule has 0 aromatic carbocycles. The lowest BCUT2D eigenvalue weighted by atomic mass is 9.71. The van der Waals surface area contributed by atoms with Crippen LogP contribution < -0.4 is 4.90 Å². The normalized spacial score (nSPS) is 26.9. The maximum atomic E-state index is 13.7. The van der Waals surface area contributed by atoms with Crippen LogP contribution in [0.5, 0.6) is 0 Å². The van der Waals surface area contributed by atoms with Gasteiger partial charge in [-0.05, 0) is 43.4 Å². The summed E-state index contributed by atoms with van der Waals surface area (Å²) in [6.45, 7) is 1.88. The van der Waals surface area contributed by atoms with Gasteiger partial charge in [0.25, 0.3) is 0 Å². The predicted octanol–water partition coefficient (Wildman–Crippen LogP) is 2.41. The number of piperidine rings is 3. The second-order valence-electron chi connectivity index (χ2n) is 9.18. The molecule has 5 rings (SSSR count). The Morgan fingerprint density at radius 3 is 2.94 bits per heavy atom. The van der Waals surface area contributed by atoms with Crippen molar-refractivity contribution >= 4 is 17.6 Å². The van der Waals surface area contributed by atoms with Crippen LogP contribution >= 0.6 is 0 Å². The number of fused-ring (bicyclic) bond motifs is 4. The Morgan fingerprint density at radius 2 is 2.16 bits per heavy atom. The minimum absolute atomic E-state index is 0.0181. The van der Waals surface area contributed by atoms with Crippen molar-refractivity contribution in [2.45, 2.75) is 44.3 Å². The molecule has 3 fully saturated rings. The third-order valence-electron chi connectivity index (χ3n) is 7.14. The number of rotatable bonds is 4. The van der Waals surface area contributed by atoms with Crippen molar-refractivity contribution in [2.24, 2.45) is 11.8 Å². The molecule has 4 atom stereocenters. The highest BCUT2D eigenvalue weighted by atomic mass is 16.3. The van der Waals surface area contributed by atoms with E-state index in [4.69, 9.17) is 4.42 Å². The number of nitrogens with zero attached hydrogens (tertiary/aromatic N) is 5. The van der Waals surface area contributed by atoms with Crippen molar-refractivity contribution in [1.29, 1.82) is 5.26 Å². The highest BCUT2D eigenvalue weighted by Gasteiger charge is 2.52. The number of nitriles is 1. The topological polar surface area (TPSA) is 93.7 Å². The molecule has 2 bridgehead atoms. The molecule has 5 heterocycles. The summed E-state index contributed by atoms with van der Waals surface area (Å²) in [5, 5.41) is 9.25. The zero-order valence-electron chi connectivity index (χ0n) is 18.2. The number of likely N-dealkylation sites (N-methyl/N-ethyl adjacent to an activating group) is 1. The van der Waals surface area contributed by atoms with Crippen LogP contribution in [0.25, 0.3) is 0 Å². The quantitative estimate of drug-likeness (QED) is 0.735. The standard InChI is InChI=1S/C24H27N5O3/c1-27(12-16-8-9-32-15-16)24(31)23-18-10-17(20-5-3-7-22(30)29(20)23)13-28(14-18)21-6-2-4-19(11-25)26-21/h2,4,6,8-9,15,17-18,20,23H,3,5,7,10,12-14H2,1H3/t17-,18+,20-,23+/m0/s1. The zero-order valence-corrected chi connectivity index (χ0v) is 18.2. The molecule has 8 nitrogen and oxygen atoms in total. The maximum absolute atomic E-state index is 13.7. The molecule has 0 N–H and O–H groups in total. The van der Waals surface area contributed by atoms with Crippen molar-refractivity contribution in [1.82, 2.24) is 14.8 Å². The fraction of sp³-hybridized carbons (Fsp3) is 0.500. The van der Waals surface area contributed by atoms with Crippen LogP contribution in [-0.2, 0) is 16.1 Å². The first-order chi connectivity index (χ1) is 15.5. The van der Waals surface area contributed by atoms with Crippen LogP contribution in [0.3, 0.4) is 0 Å². The second-order valence-corrected chi connectivity index (χ2v) is 9.18. The van der Waals surface area contributed by atoms with Crippen molar-refractivity contribution < 1.29 is 14.0 Å². The molecule has 0 aliphatic carbocycles. The van der Waals surface area contributed by atoms with Crippen molar-refractivity contribution in [3.63, 3.8) is 0 Å². The summed E-state index contributed by atoms with van der Waals surface area (Å²) in [7, 11) is 1.80. The first kappa shape index (κ1) is 20.6. The summed E-state index contributed by atoms with van der Waals surface area (Å²) >= 11 is 0. The van der Waals surface area contributed by atoms with E-state index >= 15 is 0 Å². The number of anilines is 1. The zero-order chi connectivity index (χ0) is 22.2. The number of carbonyl (C=O) groups excluding carboxylic acids is 2. The number of hydrogen-bond acceptors (Lipinski definition) is 6. The highest BCUT2D eigenvalue weighted by Crippen LogP contribution is 2.43. The van der Waals surface area contributed by atoms with E-state index in [0.29, 0.717) is 31.1 Å². The largest absolute Gasteiger partial charge is 0.472 e. The van der Waals surface area contributed by atoms with Crippen LogP contribution in [0.15, 0.2) is 41.2 Å². The lowest BCUT2D eigenvalue weighted by Crippen LogP contribution is -2.68. The maximum Gasteiger partial charge on any atom is 0.245 e. The lowest BCUT2D eigenvalue weighted by Gasteiger charge is -2.56. The van der Waals surface area contributed by atoms with E-state index in [1.807, 2.05) is 23.1 Å². The van der Waals surface area contributed by atoms with Gasteiger partial charge >= 0.3 is 0 Å². The molecule has 0 radical (unpaired) electrons. The summed E-state index contributed by atoms with van der Waals surface area (Å²) in [5.74, 6) is 1.18. The molecule has 3 aliphatic heterocycles. The van der Waals surface area contributed by atoms with Crippen molar-refractivity contribution in [2.75, 3.05) is 25.0 Å². The van der Waals surface area contributed by atoms with Crippen LogP contribution in [0, 0.1) is 23.2 Å².